The Morgan fingerprint density at radius 1 is 1.47 bits per heavy atom. The Kier molecular flexibility index (Phi) is 3.10. The maximum atomic E-state index is 11.9. The van der Waals surface area contributed by atoms with E-state index in [0.717, 1.165) is 5.56 Å². The van der Waals surface area contributed by atoms with E-state index in [2.05, 4.69) is 4.99 Å². The van der Waals surface area contributed by atoms with Crippen LogP contribution in [0, 0.1) is 6.92 Å². The number of aromatic hydroxyl groups is 1. The van der Waals surface area contributed by atoms with E-state index in [1.807, 2.05) is 25.5 Å². The van der Waals surface area contributed by atoms with Gasteiger partial charge in [0.05, 0.1) is 5.56 Å². The molecule has 4 nitrogen and oxygen atoms in total. The molecule has 1 aromatic heterocycles. The third kappa shape index (κ3) is 2.45. The molecule has 0 aliphatic rings. The van der Waals surface area contributed by atoms with Crippen LogP contribution >= 0.6 is 11.3 Å². The number of phenols is 1. The van der Waals surface area contributed by atoms with Crippen LogP contribution in [-0.2, 0) is 7.05 Å². The number of amides is 1. The van der Waals surface area contributed by atoms with Crippen LogP contribution in [0.3, 0.4) is 0 Å². The molecule has 2 aromatic rings. The number of aromatic nitrogens is 1. The minimum Gasteiger partial charge on any atom is -0.507 e. The first-order valence-electron chi connectivity index (χ1n) is 5.07. The standard InChI is InChI=1S/C12H12N2O2S/c1-8-3-4-10(15)9(7-8)11(16)13-12-14(2)5-6-17-12/h3-7,15H,1-2H3. The van der Waals surface area contributed by atoms with Crippen LogP contribution in [0.15, 0.2) is 34.8 Å². The second-order valence-electron chi connectivity index (χ2n) is 3.73. The molecule has 0 atom stereocenters. The molecular formula is C12H12N2O2S. The monoisotopic (exact) mass is 248 g/mol. The highest BCUT2D eigenvalue weighted by Crippen LogP contribution is 2.18. The van der Waals surface area contributed by atoms with E-state index in [0.29, 0.717) is 4.80 Å². The summed E-state index contributed by atoms with van der Waals surface area (Å²) in [7, 11) is 1.82. The first-order valence-corrected chi connectivity index (χ1v) is 5.94. The average Bonchev–Trinajstić information content (AvgIpc) is 2.68. The van der Waals surface area contributed by atoms with Gasteiger partial charge in [0, 0.05) is 18.6 Å². The number of benzene rings is 1. The molecule has 2 rings (SSSR count). The molecule has 0 aliphatic carbocycles. The lowest BCUT2D eigenvalue weighted by Gasteiger charge is -2.00. The van der Waals surface area contributed by atoms with Gasteiger partial charge in [-0.2, -0.15) is 4.99 Å². The van der Waals surface area contributed by atoms with Crippen molar-refractivity contribution in [3.8, 4) is 5.75 Å². The zero-order valence-corrected chi connectivity index (χ0v) is 10.4. The molecule has 5 heteroatoms. The van der Waals surface area contributed by atoms with Crippen molar-refractivity contribution in [2.75, 3.05) is 0 Å². The Balaban J connectivity index is 2.46. The maximum Gasteiger partial charge on any atom is 0.283 e. The van der Waals surface area contributed by atoms with Gasteiger partial charge in [-0.05, 0) is 19.1 Å². The normalized spacial score (nSPS) is 11.8. The second kappa shape index (κ2) is 4.55. The van der Waals surface area contributed by atoms with Gasteiger partial charge in [0.2, 0.25) is 0 Å². The van der Waals surface area contributed by atoms with Crippen LogP contribution in [0.1, 0.15) is 15.9 Å². The van der Waals surface area contributed by atoms with E-state index in [4.69, 9.17) is 0 Å². The van der Waals surface area contributed by atoms with E-state index in [9.17, 15) is 9.90 Å². The summed E-state index contributed by atoms with van der Waals surface area (Å²) in [4.78, 5) is 16.5. The van der Waals surface area contributed by atoms with Crippen molar-refractivity contribution in [2.24, 2.45) is 12.0 Å². The molecule has 0 fully saturated rings. The number of carbonyl (C=O) groups excluding carboxylic acids is 1. The molecule has 0 saturated heterocycles. The average molecular weight is 248 g/mol. The van der Waals surface area contributed by atoms with Crippen LogP contribution in [0.25, 0.3) is 0 Å². The lowest BCUT2D eigenvalue weighted by molar-refractivity contribution is 0.0995. The molecular weight excluding hydrogens is 236 g/mol. The summed E-state index contributed by atoms with van der Waals surface area (Å²) in [6, 6.07) is 4.89. The lowest BCUT2D eigenvalue weighted by atomic mass is 10.1. The Labute approximate surface area is 103 Å². The summed E-state index contributed by atoms with van der Waals surface area (Å²) in [5.74, 6) is -0.465. The lowest BCUT2D eigenvalue weighted by Crippen LogP contribution is -2.12. The molecule has 1 N–H and O–H groups in total. The molecule has 0 spiro atoms. The van der Waals surface area contributed by atoms with Gasteiger partial charge in [0.1, 0.15) is 5.75 Å². The number of nitrogens with zero attached hydrogens (tertiary/aromatic N) is 2. The summed E-state index contributed by atoms with van der Waals surface area (Å²) in [5, 5.41) is 11.5. The number of carbonyl (C=O) groups is 1. The molecule has 0 radical (unpaired) electrons. The Hall–Kier alpha value is -1.88. The van der Waals surface area contributed by atoms with Crippen molar-refractivity contribution in [2.45, 2.75) is 6.92 Å². The van der Waals surface area contributed by atoms with Crippen LogP contribution in [0.2, 0.25) is 0 Å². The first kappa shape index (κ1) is 11.6. The number of thiazole rings is 1. The Morgan fingerprint density at radius 2 is 2.24 bits per heavy atom. The van der Waals surface area contributed by atoms with Gasteiger partial charge in [-0.3, -0.25) is 4.79 Å². The molecule has 0 aliphatic heterocycles. The predicted octanol–water partition coefficient (Wildman–Crippen LogP) is 1.84. The summed E-state index contributed by atoms with van der Waals surface area (Å²) in [6.07, 6.45) is 1.83. The molecule has 0 bridgehead atoms. The fourth-order valence-electron chi connectivity index (χ4n) is 1.40. The minimum absolute atomic E-state index is 0.0384. The van der Waals surface area contributed by atoms with Crippen molar-refractivity contribution < 1.29 is 9.90 Å². The van der Waals surface area contributed by atoms with E-state index >= 15 is 0 Å². The second-order valence-corrected chi connectivity index (χ2v) is 4.61. The highest BCUT2D eigenvalue weighted by molar-refractivity contribution is 7.07. The van der Waals surface area contributed by atoms with Crippen molar-refractivity contribution in [3.05, 3.63) is 45.7 Å². The first-order chi connectivity index (χ1) is 8.08. The van der Waals surface area contributed by atoms with Gasteiger partial charge in [-0.25, -0.2) is 0 Å². The molecule has 1 aromatic carbocycles. The van der Waals surface area contributed by atoms with Crippen molar-refractivity contribution in [1.29, 1.82) is 0 Å². The molecule has 0 saturated carbocycles. The van der Waals surface area contributed by atoms with Gasteiger partial charge < -0.3 is 9.67 Å². The number of hydrogen-bond donors (Lipinski definition) is 1. The van der Waals surface area contributed by atoms with Gasteiger partial charge in [-0.15, -0.1) is 11.3 Å². The third-order valence-corrected chi connectivity index (χ3v) is 3.19. The van der Waals surface area contributed by atoms with Gasteiger partial charge in [0.25, 0.3) is 5.91 Å². The topological polar surface area (TPSA) is 54.6 Å². The van der Waals surface area contributed by atoms with Gasteiger partial charge in [0.15, 0.2) is 4.80 Å². The van der Waals surface area contributed by atoms with Crippen molar-refractivity contribution in [1.82, 2.24) is 4.57 Å². The fourth-order valence-corrected chi connectivity index (χ4v) is 2.13. The summed E-state index contributed by atoms with van der Waals surface area (Å²) in [6.45, 7) is 1.86. The van der Waals surface area contributed by atoms with Crippen LogP contribution in [0.4, 0.5) is 0 Å². The molecule has 17 heavy (non-hydrogen) atoms. The highest BCUT2D eigenvalue weighted by Gasteiger charge is 2.10. The van der Waals surface area contributed by atoms with E-state index in [1.165, 1.54) is 17.4 Å². The largest absolute Gasteiger partial charge is 0.507 e. The van der Waals surface area contributed by atoms with E-state index < -0.39 is 5.91 Å². The smallest absolute Gasteiger partial charge is 0.283 e. The predicted molar refractivity (Wildman–Crippen MR) is 66.0 cm³/mol. The van der Waals surface area contributed by atoms with Crippen LogP contribution in [0.5, 0.6) is 5.75 Å². The third-order valence-electron chi connectivity index (χ3n) is 2.34. The molecule has 88 valence electrons. The number of rotatable bonds is 1. The Bertz CT molecular complexity index is 625. The summed E-state index contributed by atoms with van der Waals surface area (Å²) < 4.78 is 1.76. The van der Waals surface area contributed by atoms with E-state index in [-0.39, 0.29) is 11.3 Å². The number of phenolic OH excluding ortho intramolecular Hbond substituents is 1. The van der Waals surface area contributed by atoms with Crippen LogP contribution in [-0.4, -0.2) is 15.6 Å². The molecule has 1 heterocycles. The summed E-state index contributed by atoms with van der Waals surface area (Å²) >= 11 is 1.38. The maximum absolute atomic E-state index is 11.9. The van der Waals surface area contributed by atoms with E-state index in [1.54, 1.807) is 16.7 Å². The minimum atomic E-state index is -0.427. The number of aryl methyl sites for hydroxylation is 2. The van der Waals surface area contributed by atoms with Crippen molar-refractivity contribution >= 4 is 17.2 Å². The van der Waals surface area contributed by atoms with Gasteiger partial charge in [-0.1, -0.05) is 11.6 Å². The fraction of sp³-hybridized carbons (Fsp3) is 0.167. The number of hydrogen-bond acceptors (Lipinski definition) is 3. The van der Waals surface area contributed by atoms with Crippen molar-refractivity contribution in [3.63, 3.8) is 0 Å². The zero-order chi connectivity index (χ0) is 12.4. The SMILES string of the molecule is Cc1ccc(O)c(C(=O)N=c2sccn2C)c1. The quantitative estimate of drug-likeness (QED) is 0.837. The molecule has 0 unspecified atom stereocenters. The summed E-state index contributed by atoms with van der Waals surface area (Å²) in [5.41, 5.74) is 1.15. The Morgan fingerprint density at radius 3 is 2.88 bits per heavy atom. The zero-order valence-electron chi connectivity index (χ0n) is 9.54. The van der Waals surface area contributed by atoms with Gasteiger partial charge >= 0.3 is 0 Å². The molecule has 1 amide bonds. The highest BCUT2D eigenvalue weighted by atomic mass is 32.1. The van der Waals surface area contributed by atoms with Crippen LogP contribution < -0.4 is 4.80 Å².